The molecule has 0 spiro atoms. The first-order valence-corrected chi connectivity index (χ1v) is 7.48. The number of alkyl halides is 3. The summed E-state index contributed by atoms with van der Waals surface area (Å²) in [5.41, 5.74) is 2.76. The Morgan fingerprint density at radius 3 is 1.89 bits per heavy atom. The summed E-state index contributed by atoms with van der Waals surface area (Å²) >= 11 is 4.76. The lowest BCUT2D eigenvalue weighted by atomic mass is 10.1. The third kappa shape index (κ3) is 4.40. The number of hydrogen-bond acceptors (Lipinski definition) is 6. The maximum atomic E-state index is 13.1. The second-order valence-electron chi connectivity index (χ2n) is 5.16. The molecule has 0 radical (unpaired) electrons. The molecule has 0 saturated carbocycles. The Hall–Kier alpha value is -3.55. The summed E-state index contributed by atoms with van der Waals surface area (Å²) in [5.74, 6) is -0.641. The summed E-state index contributed by atoms with van der Waals surface area (Å²) in [4.78, 5) is 20.0. The van der Waals surface area contributed by atoms with Gasteiger partial charge in [-0.25, -0.2) is 9.40 Å². The van der Waals surface area contributed by atoms with Crippen molar-refractivity contribution in [2.45, 2.75) is 6.18 Å². The maximum Gasteiger partial charge on any atom is 0.416 e. The Morgan fingerprint density at radius 1 is 1.07 bits per heavy atom. The highest BCUT2D eigenvalue weighted by Crippen LogP contribution is 2.41. The predicted molar refractivity (Wildman–Crippen MR) is 94.0 cm³/mol. The van der Waals surface area contributed by atoms with Gasteiger partial charge in [-0.3, -0.25) is 25.7 Å². The highest BCUT2D eigenvalue weighted by molar-refractivity contribution is 7.80. The van der Waals surface area contributed by atoms with Gasteiger partial charge < -0.3 is 5.73 Å². The van der Waals surface area contributed by atoms with Crippen molar-refractivity contribution in [3.63, 3.8) is 0 Å². The minimum absolute atomic E-state index is 0.0254. The van der Waals surface area contributed by atoms with Crippen LogP contribution in [-0.2, 0) is 6.18 Å². The molecule has 0 unspecified atom stereocenters. The van der Waals surface area contributed by atoms with Crippen LogP contribution in [0.3, 0.4) is 0 Å². The quantitative estimate of drug-likeness (QED) is 0.325. The van der Waals surface area contributed by atoms with Crippen LogP contribution < -0.4 is 16.2 Å². The minimum atomic E-state index is -5.06. The minimum Gasteiger partial charge on any atom is -0.374 e. The lowest BCUT2D eigenvalue weighted by Gasteiger charge is -2.24. The van der Waals surface area contributed by atoms with E-state index in [2.05, 4.69) is 5.43 Å². The number of benzene rings is 2. The van der Waals surface area contributed by atoms with E-state index in [1.165, 1.54) is 0 Å². The summed E-state index contributed by atoms with van der Waals surface area (Å²) in [6.07, 6.45) is -5.06. The first-order valence-electron chi connectivity index (χ1n) is 7.07. The molecule has 0 atom stereocenters. The second-order valence-corrected chi connectivity index (χ2v) is 5.58. The molecular weight excluding hydrogens is 410 g/mol. The molecule has 2 rings (SSSR count). The summed E-state index contributed by atoms with van der Waals surface area (Å²) in [6, 6.07) is 4.53. The SMILES string of the molecule is NC(=S)N(Nc1c([N+](=O)[O-])cc(C(F)(F)F)cc1[N+](=O)[O-])c1ccc(F)cc1. The van der Waals surface area contributed by atoms with Crippen molar-refractivity contribution in [2.75, 3.05) is 10.4 Å². The molecule has 0 aromatic heterocycles. The van der Waals surface area contributed by atoms with E-state index >= 15 is 0 Å². The van der Waals surface area contributed by atoms with Crippen LogP contribution in [0.1, 0.15) is 5.56 Å². The number of nitrogens with two attached hydrogens (primary N) is 1. The highest BCUT2D eigenvalue weighted by atomic mass is 32.1. The number of nitro groups is 2. The monoisotopic (exact) mass is 419 g/mol. The normalized spacial score (nSPS) is 11.0. The van der Waals surface area contributed by atoms with Gasteiger partial charge in [-0.2, -0.15) is 13.2 Å². The van der Waals surface area contributed by atoms with Gasteiger partial charge in [0.1, 0.15) is 5.82 Å². The van der Waals surface area contributed by atoms with Crippen molar-refractivity contribution >= 4 is 40.1 Å². The van der Waals surface area contributed by atoms with Crippen LogP contribution in [0, 0.1) is 26.0 Å². The van der Waals surface area contributed by atoms with E-state index in [1.807, 2.05) is 0 Å². The van der Waals surface area contributed by atoms with Gasteiger partial charge in [-0.15, -0.1) is 0 Å². The number of rotatable bonds is 5. The average molecular weight is 419 g/mol. The van der Waals surface area contributed by atoms with Crippen molar-refractivity contribution in [3.05, 3.63) is 68.0 Å². The van der Waals surface area contributed by atoms with Gasteiger partial charge in [-0.05, 0) is 36.5 Å². The fourth-order valence-electron chi connectivity index (χ4n) is 2.13. The maximum absolute atomic E-state index is 13.1. The van der Waals surface area contributed by atoms with Crippen molar-refractivity contribution in [3.8, 4) is 0 Å². The molecule has 0 amide bonds. The zero-order valence-electron chi connectivity index (χ0n) is 13.4. The molecule has 3 N–H and O–H groups in total. The molecule has 0 aliphatic heterocycles. The molecule has 9 nitrogen and oxygen atoms in total. The standard InChI is InChI=1S/C14H9F4N5O4S/c15-8-1-3-9(4-2-8)21(13(19)28)20-12-10(22(24)25)5-7(14(16,17)18)6-11(12)23(26)27/h1-6,20H,(H2,19,28). The van der Waals surface area contributed by atoms with Crippen LogP contribution in [0.25, 0.3) is 0 Å². The van der Waals surface area contributed by atoms with Crippen LogP contribution in [0.4, 0.5) is 40.3 Å². The third-order valence-corrected chi connectivity index (χ3v) is 3.53. The van der Waals surface area contributed by atoms with E-state index in [0.29, 0.717) is 0 Å². The van der Waals surface area contributed by atoms with Gasteiger partial charge in [-0.1, -0.05) is 0 Å². The van der Waals surface area contributed by atoms with E-state index in [-0.39, 0.29) is 17.8 Å². The zero-order valence-corrected chi connectivity index (χ0v) is 14.3. The molecular formula is C14H9F4N5O4S. The largest absolute Gasteiger partial charge is 0.416 e. The molecule has 0 saturated heterocycles. The lowest BCUT2D eigenvalue weighted by molar-refractivity contribution is -0.392. The van der Waals surface area contributed by atoms with Crippen molar-refractivity contribution in [1.29, 1.82) is 0 Å². The van der Waals surface area contributed by atoms with Crippen LogP contribution in [0.5, 0.6) is 0 Å². The Morgan fingerprint density at radius 2 is 1.54 bits per heavy atom. The summed E-state index contributed by atoms with van der Waals surface area (Å²) < 4.78 is 51.9. The first kappa shape index (κ1) is 20.8. The number of nitro benzene ring substituents is 2. The van der Waals surface area contributed by atoms with E-state index in [1.54, 1.807) is 0 Å². The fourth-order valence-corrected chi connectivity index (χ4v) is 2.28. The number of halogens is 4. The van der Waals surface area contributed by atoms with E-state index < -0.39 is 49.6 Å². The molecule has 0 heterocycles. The topological polar surface area (TPSA) is 128 Å². The molecule has 2 aromatic rings. The van der Waals surface area contributed by atoms with Gasteiger partial charge in [0.2, 0.25) is 5.69 Å². The lowest BCUT2D eigenvalue weighted by Crippen LogP contribution is -2.40. The summed E-state index contributed by atoms with van der Waals surface area (Å²) in [5, 5.41) is 22.8. The fraction of sp³-hybridized carbons (Fsp3) is 0.0714. The van der Waals surface area contributed by atoms with Crippen molar-refractivity contribution < 1.29 is 27.4 Å². The Labute approximate surface area is 158 Å². The number of nitrogens with zero attached hydrogens (tertiary/aromatic N) is 3. The smallest absolute Gasteiger partial charge is 0.374 e. The number of thiocarbonyl (C=S) groups is 1. The van der Waals surface area contributed by atoms with Crippen LogP contribution in [0.15, 0.2) is 36.4 Å². The van der Waals surface area contributed by atoms with Gasteiger partial charge in [0.15, 0.2) is 5.11 Å². The number of hydrogen-bond donors (Lipinski definition) is 2. The first-order chi connectivity index (χ1) is 12.9. The van der Waals surface area contributed by atoms with Gasteiger partial charge in [0.25, 0.3) is 0 Å². The molecule has 0 bridgehead atoms. The predicted octanol–water partition coefficient (Wildman–Crippen LogP) is 3.74. The van der Waals surface area contributed by atoms with Crippen LogP contribution >= 0.6 is 12.2 Å². The molecule has 2 aromatic carbocycles. The number of hydrazine groups is 1. The Balaban J connectivity index is 2.67. The number of anilines is 2. The van der Waals surface area contributed by atoms with Gasteiger partial charge in [0, 0.05) is 12.1 Å². The van der Waals surface area contributed by atoms with Crippen molar-refractivity contribution in [1.82, 2.24) is 0 Å². The molecule has 28 heavy (non-hydrogen) atoms. The summed E-state index contributed by atoms with van der Waals surface area (Å²) in [6.45, 7) is 0. The third-order valence-electron chi connectivity index (χ3n) is 3.35. The molecule has 0 aliphatic carbocycles. The van der Waals surface area contributed by atoms with E-state index in [9.17, 15) is 37.8 Å². The van der Waals surface area contributed by atoms with Gasteiger partial charge in [0.05, 0.1) is 21.1 Å². The van der Waals surface area contributed by atoms with Gasteiger partial charge >= 0.3 is 17.6 Å². The zero-order chi connectivity index (χ0) is 21.2. The summed E-state index contributed by atoms with van der Waals surface area (Å²) in [7, 11) is 0. The Bertz CT molecular complexity index is 917. The van der Waals surface area contributed by atoms with E-state index in [4.69, 9.17) is 18.0 Å². The second kappa shape index (κ2) is 7.59. The highest BCUT2D eigenvalue weighted by Gasteiger charge is 2.38. The van der Waals surface area contributed by atoms with E-state index in [0.717, 1.165) is 29.3 Å². The van der Waals surface area contributed by atoms with Crippen LogP contribution in [-0.4, -0.2) is 15.0 Å². The molecule has 0 fully saturated rings. The Kier molecular flexibility index (Phi) is 5.63. The molecule has 14 heteroatoms. The average Bonchev–Trinajstić information content (AvgIpc) is 2.58. The molecule has 0 aliphatic rings. The molecule has 148 valence electrons. The van der Waals surface area contributed by atoms with Crippen LogP contribution in [0.2, 0.25) is 0 Å². The number of nitrogens with one attached hydrogen (secondary N) is 1. The van der Waals surface area contributed by atoms with Crippen molar-refractivity contribution in [2.24, 2.45) is 5.73 Å².